The number of fused-ring (bicyclic) bond motifs is 13. The van der Waals surface area contributed by atoms with Gasteiger partial charge in [0.15, 0.2) is 11.5 Å². The van der Waals surface area contributed by atoms with E-state index in [2.05, 4.69) is 143 Å². The highest BCUT2D eigenvalue weighted by Crippen LogP contribution is 2.66. The van der Waals surface area contributed by atoms with Gasteiger partial charge in [-0.1, -0.05) is 97.1 Å². The average Bonchev–Trinajstić information content (AvgIpc) is 3.68. The van der Waals surface area contributed by atoms with Gasteiger partial charge in [-0.3, -0.25) is 9.97 Å². The lowest BCUT2D eigenvalue weighted by atomic mass is 9.71. The van der Waals surface area contributed by atoms with E-state index in [1.54, 1.807) is 0 Å². The number of rotatable bonds is 3. The Balaban J connectivity index is 1.18. The molecule has 1 spiro atoms. The summed E-state index contributed by atoms with van der Waals surface area (Å²) in [5.41, 5.74) is 15.4. The second kappa shape index (κ2) is 10.6. The highest BCUT2D eigenvalue weighted by atomic mass is 16.5. The fraction of sp³-hybridized carbons (Fsp3) is 0.0217. The molecule has 1 atom stereocenters. The van der Waals surface area contributed by atoms with Crippen LogP contribution in [0, 0.1) is 0 Å². The maximum Gasteiger partial charge on any atom is 0.159 e. The maximum absolute atomic E-state index is 6.96. The Morgan fingerprint density at radius 2 is 1.20 bits per heavy atom. The second-order valence-corrected chi connectivity index (χ2v) is 13.1. The Bertz CT molecular complexity index is 2690. The van der Waals surface area contributed by atoms with Crippen LogP contribution in [0.5, 0.6) is 11.5 Å². The largest absolute Gasteiger partial charge is 0.452 e. The van der Waals surface area contributed by atoms with Crippen LogP contribution in [0.25, 0.3) is 44.9 Å². The van der Waals surface area contributed by atoms with Gasteiger partial charge in [0.25, 0.3) is 0 Å². The van der Waals surface area contributed by atoms with Crippen LogP contribution in [0.4, 0.5) is 17.1 Å². The molecule has 0 bridgehead atoms. The summed E-state index contributed by atoms with van der Waals surface area (Å²) in [4.78, 5) is 17.1. The molecule has 0 radical (unpaired) electrons. The number of hydrogen-bond acceptors (Lipinski definition) is 5. The topological polar surface area (TPSA) is 51.1 Å². The smallest absolute Gasteiger partial charge is 0.159 e. The van der Waals surface area contributed by atoms with Crippen LogP contribution in [0.15, 0.2) is 170 Å². The van der Waals surface area contributed by atoms with E-state index in [1.807, 2.05) is 36.8 Å². The number of pyridine rings is 3. The van der Waals surface area contributed by atoms with E-state index in [0.717, 1.165) is 84.6 Å². The molecule has 0 N–H and O–H groups in total. The van der Waals surface area contributed by atoms with Crippen LogP contribution >= 0.6 is 0 Å². The van der Waals surface area contributed by atoms with Gasteiger partial charge >= 0.3 is 0 Å². The molecule has 5 nitrogen and oxygen atoms in total. The van der Waals surface area contributed by atoms with Crippen LogP contribution in [0.2, 0.25) is 0 Å². The Hall–Kier alpha value is -6.85. The first kappa shape index (κ1) is 28.0. The van der Waals surface area contributed by atoms with Crippen molar-refractivity contribution in [1.29, 1.82) is 0 Å². The van der Waals surface area contributed by atoms with E-state index in [0.29, 0.717) is 0 Å². The zero-order valence-electron chi connectivity index (χ0n) is 27.4. The Morgan fingerprint density at radius 3 is 2.08 bits per heavy atom. The van der Waals surface area contributed by atoms with Gasteiger partial charge in [-0.2, -0.15) is 0 Å². The van der Waals surface area contributed by atoms with Crippen molar-refractivity contribution in [3.63, 3.8) is 0 Å². The summed E-state index contributed by atoms with van der Waals surface area (Å²) in [5.74, 6) is 1.68. The zero-order chi connectivity index (χ0) is 33.5. The highest BCUT2D eigenvalue weighted by molar-refractivity contribution is 6.00. The summed E-state index contributed by atoms with van der Waals surface area (Å²) in [7, 11) is 0. The standard InChI is InChI=1S/C46H28N4O/c1-2-11-30(12-3-1)50-39-18-8-9-19-41(39)51-45-40(50)23-21-35-42(45)33-15-6-7-16-34(33)46(35)36-17-10-26-48-43(36)44-37(46)20-22-38(49-44)32-14-5-4-13-31(32)29-24-27-47-28-25-29/h1-28H. The average molecular weight is 653 g/mol. The van der Waals surface area contributed by atoms with E-state index in [-0.39, 0.29) is 0 Å². The summed E-state index contributed by atoms with van der Waals surface area (Å²) in [6.45, 7) is 0. The minimum atomic E-state index is -0.617. The lowest BCUT2D eigenvalue weighted by Gasteiger charge is -2.35. The van der Waals surface area contributed by atoms with Crippen LogP contribution in [-0.2, 0) is 5.41 Å². The van der Waals surface area contributed by atoms with E-state index in [9.17, 15) is 0 Å². The summed E-state index contributed by atoms with van der Waals surface area (Å²) < 4.78 is 6.96. The van der Waals surface area contributed by atoms with Gasteiger partial charge in [-0.05, 0) is 93.5 Å². The van der Waals surface area contributed by atoms with Gasteiger partial charge in [-0.15, -0.1) is 0 Å². The monoisotopic (exact) mass is 652 g/mol. The molecule has 2 aliphatic carbocycles. The third-order valence-corrected chi connectivity index (χ3v) is 10.6. The van der Waals surface area contributed by atoms with Gasteiger partial charge in [0.05, 0.1) is 33.9 Å². The van der Waals surface area contributed by atoms with E-state index >= 15 is 0 Å². The first-order chi connectivity index (χ1) is 25.3. The minimum Gasteiger partial charge on any atom is -0.452 e. The van der Waals surface area contributed by atoms with Gasteiger partial charge < -0.3 is 9.64 Å². The molecule has 8 aromatic rings. The predicted octanol–water partition coefficient (Wildman–Crippen LogP) is 11.1. The molecule has 4 heterocycles. The fourth-order valence-corrected chi connectivity index (χ4v) is 8.63. The van der Waals surface area contributed by atoms with Crippen LogP contribution in [0.3, 0.4) is 0 Å². The number of aromatic nitrogens is 3. The molecule has 0 amide bonds. The van der Waals surface area contributed by atoms with Crippen molar-refractivity contribution in [2.75, 3.05) is 4.90 Å². The molecule has 11 rings (SSSR count). The lowest BCUT2D eigenvalue weighted by molar-refractivity contribution is 0.478. The van der Waals surface area contributed by atoms with Crippen molar-refractivity contribution in [2.24, 2.45) is 0 Å². The molecular weight excluding hydrogens is 625 g/mol. The quantitative estimate of drug-likeness (QED) is 0.190. The normalized spacial score (nSPS) is 15.6. The van der Waals surface area contributed by atoms with Crippen molar-refractivity contribution >= 4 is 17.1 Å². The van der Waals surface area contributed by atoms with Crippen molar-refractivity contribution in [3.05, 3.63) is 193 Å². The van der Waals surface area contributed by atoms with E-state index in [1.165, 1.54) is 11.1 Å². The predicted molar refractivity (Wildman–Crippen MR) is 202 cm³/mol. The van der Waals surface area contributed by atoms with Gasteiger partial charge in [-0.25, -0.2) is 4.98 Å². The van der Waals surface area contributed by atoms with Crippen LogP contribution < -0.4 is 9.64 Å². The SMILES string of the molecule is c1ccc(N2c3ccccc3Oc3c2ccc2c3-c3ccccc3C23c2cccnc2-c2nc(-c4ccccc4-c4ccncc4)ccc23)cc1. The first-order valence-electron chi connectivity index (χ1n) is 17.2. The molecule has 5 heteroatoms. The molecule has 3 aromatic heterocycles. The van der Waals surface area contributed by atoms with Crippen molar-refractivity contribution < 1.29 is 4.74 Å². The molecule has 1 unspecified atom stereocenters. The first-order valence-corrected chi connectivity index (χ1v) is 17.2. The molecule has 0 saturated heterocycles. The molecule has 3 aliphatic rings. The van der Waals surface area contributed by atoms with Crippen molar-refractivity contribution in [3.8, 4) is 56.4 Å². The summed E-state index contributed by atoms with van der Waals surface area (Å²) >= 11 is 0. The molecule has 0 saturated carbocycles. The number of hydrogen-bond donors (Lipinski definition) is 0. The zero-order valence-corrected chi connectivity index (χ0v) is 27.4. The summed E-state index contributed by atoms with van der Waals surface area (Å²) in [6, 6.07) is 53.4. The van der Waals surface area contributed by atoms with Crippen molar-refractivity contribution in [2.45, 2.75) is 5.41 Å². The Labute approximate surface area is 295 Å². The third kappa shape index (κ3) is 3.77. The number of anilines is 3. The van der Waals surface area contributed by atoms with E-state index in [4.69, 9.17) is 14.7 Å². The molecule has 0 fully saturated rings. The highest BCUT2D eigenvalue weighted by Gasteiger charge is 2.54. The number of para-hydroxylation sites is 3. The van der Waals surface area contributed by atoms with Gasteiger partial charge in [0.2, 0.25) is 0 Å². The Morgan fingerprint density at radius 1 is 0.490 bits per heavy atom. The lowest BCUT2D eigenvalue weighted by Crippen LogP contribution is -2.26. The Kier molecular flexibility index (Phi) is 5.81. The van der Waals surface area contributed by atoms with E-state index < -0.39 is 5.41 Å². The fourth-order valence-electron chi connectivity index (χ4n) is 8.63. The number of ether oxygens (including phenoxy) is 1. The maximum atomic E-state index is 6.96. The molecule has 1 aliphatic heterocycles. The van der Waals surface area contributed by atoms with Crippen LogP contribution in [-0.4, -0.2) is 15.0 Å². The second-order valence-electron chi connectivity index (χ2n) is 13.1. The van der Waals surface area contributed by atoms with Crippen molar-refractivity contribution in [1.82, 2.24) is 15.0 Å². The summed E-state index contributed by atoms with van der Waals surface area (Å²) in [6.07, 6.45) is 5.55. The summed E-state index contributed by atoms with van der Waals surface area (Å²) in [5, 5.41) is 0. The molecular formula is C46H28N4O. The van der Waals surface area contributed by atoms with Gasteiger partial charge in [0.1, 0.15) is 0 Å². The third-order valence-electron chi connectivity index (χ3n) is 10.6. The molecule has 51 heavy (non-hydrogen) atoms. The van der Waals surface area contributed by atoms with Gasteiger partial charge in [0, 0.05) is 35.4 Å². The molecule has 5 aromatic carbocycles. The number of nitrogens with zero attached hydrogens (tertiary/aromatic N) is 4. The molecule has 238 valence electrons. The van der Waals surface area contributed by atoms with Crippen LogP contribution in [0.1, 0.15) is 22.3 Å². The number of benzene rings is 5. The minimum absolute atomic E-state index is 0.617.